The smallest absolute Gasteiger partial charge is 0.174 e. The van der Waals surface area contributed by atoms with Crippen molar-refractivity contribution < 1.29 is 9.78 Å². The second-order valence-electron chi connectivity index (χ2n) is 7.59. The molecule has 2 heterocycles. The summed E-state index contributed by atoms with van der Waals surface area (Å²) in [6.45, 7) is 0. The third kappa shape index (κ3) is 1.73. The van der Waals surface area contributed by atoms with Crippen molar-refractivity contribution in [1.82, 2.24) is 4.90 Å². The van der Waals surface area contributed by atoms with Crippen LogP contribution in [0.2, 0.25) is 0 Å². The van der Waals surface area contributed by atoms with Crippen LogP contribution >= 0.6 is 0 Å². The molecular formula is C19H25NO2. The Kier molecular flexibility index (Phi) is 3.11. The molecule has 3 nitrogen and oxygen atoms in total. The molecule has 0 radical (unpaired) electrons. The molecule has 0 amide bonds. The van der Waals surface area contributed by atoms with Gasteiger partial charge in [0.25, 0.3) is 0 Å². The van der Waals surface area contributed by atoms with Crippen molar-refractivity contribution >= 4 is 0 Å². The quantitative estimate of drug-likeness (QED) is 0.716. The molecule has 0 aromatic heterocycles. The summed E-state index contributed by atoms with van der Waals surface area (Å²) in [4.78, 5) is 14.5. The Morgan fingerprint density at radius 1 is 0.909 bits per heavy atom. The van der Waals surface area contributed by atoms with E-state index < -0.39 is 0 Å². The topological polar surface area (TPSA) is 21.7 Å². The average Bonchev–Trinajstić information content (AvgIpc) is 3.20. The molecule has 2 saturated carbocycles. The summed E-state index contributed by atoms with van der Waals surface area (Å²) in [6, 6.07) is 9.58. The largest absolute Gasteiger partial charge is 0.239 e. The SMILES string of the molecule is c1ccc2c(c1)C1OOC(N1C1CCCCC1)C21CCCC1. The van der Waals surface area contributed by atoms with Crippen LogP contribution in [0.5, 0.6) is 0 Å². The van der Waals surface area contributed by atoms with Crippen molar-refractivity contribution in [3.63, 3.8) is 0 Å². The summed E-state index contributed by atoms with van der Waals surface area (Å²) in [5.74, 6) is 0. The van der Waals surface area contributed by atoms with E-state index in [1.165, 1.54) is 68.9 Å². The van der Waals surface area contributed by atoms with Gasteiger partial charge < -0.3 is 0 Å². The highest BCUT2D eigenvalue weighted by molar-refractivity contribution is 5.41. The minimum atomic E-state index is 0.0236. The van der Waals surface area contributed by atoms with Crippen LogP contribution in [-0.4, -0.2) is 17.2 Å². The molecule has 2 aliphatic heterocycles. The number of benzene rings is 1. The lowest BCUT2D eigenvalue weighted by molar-refractivity contribution is -0.304. The number of fused-ring (bicyclic) bond motifs is 6. The maximum atomic E-state index is 5.99. The van der Waals surface area contributed by atoms with Gasteiger partial charge >= 0.3 is 0 Å². The van der Waals surface area contributed by atoms with Gasteiger partial charge in [-0.05, 0) is 31.2 Å². The van der Waals surface area contributed by atoms with E-state index in [2.05, 4.69) is 29.2 Å². The molecule has 1 aromatic carbocycles. The fourth-order valence-electron chi connectivity index (χ4n) is 5.50. The summed E-state index contributed by atoms with van der Waals surface area (Å²) in [6.07, 6.45) is 12.0. The molecule has 4 aliphatic rings. The Morgan fingerprint density at radius 3 is 2.50 bits per heavy atom. The zero-order chi connectivity index (χ0) is 14.6. The van der Waals surface area contributed by atoms with Crippen molar-refractivity contribution in [2.75, 3.05) is 0 Å². The lowest BCUT2D eigenvalue weighted by Gasteiger charge is -2.47. The first-order chi connectivity index (χ1) is 10.9. The van der Waals surface area contributed by atoms with Crippen LogP contribution in [0.3, 0.4) is 0 Å². The zero-order valence-electron chi connectivity index (χ0n) is 13.2. The van der Waals surface area contributed by atoms with E-state index in [0.717, 1.165) is 0 Å². The number of nitrogens with zero attached hydrogens (tertiary/aromatic N) is 1. The predicted octanol–water partition coefficient (Wildman–Crippen LogP) is 4.43. The standard InChI is InChI=1S/C19H25NO2/c1-2-8-14(9-3-1)20-17-15-10-4-5-11-16(15)19(12-6-7-13-19)18(20)22-21-17/h4-5,10-11,14,17-18H,1-3,6-9,12-13H2. The Morgan fingerprint density at radius 2 is 1.68 bits per heavy atom. The summed E-state index contributed by atoms with van der Waals surface area (Å²) in [7, 11) is 0. The third-order valence-corrected chi connectivity index (χ3v) is 6.51. The Balaban J connectivity index is 1.62. The van der Waals surface area contributed by atoms with Crippen LogP contribution < -0.4 is 0 Å². The number of rotatable bonds is 1. The van der Waals surface area contributed by atoms with Gasteiger partial charge in [0, 0.05) is 17.0 Å². The van der Waals surface area contributed by atoms with Gasteiger partial charge in [0.1, 0.15) is 0 Å². The van der Waals surface area contributed by atoms with Crippen LogP contribution in [0.4, 0.5) is 0 Å². The fraction of sp³-hybridized carbons (Fsp3) is 0.684. The van der Waals surface area contributed by atoms with Crippen LogP contribution in [0.15, 0.2) is 24.3 Å². The van der Waals surface area contributed by atoms with Gasteiger partial charge in [-0.25, -0.2) is 14.7 Å². The molecule has 3 heteroatoms. The van der Waals surface area contributed by atoms with E-state index in [-0.39, 0.29) is 17.9 Å². The molecule has 2 unspecified atom stereocenters. The first kappa shape index (κ1) is 13.5. The maximum Gasteiger partial charge on any atom is 0.174 e. The lowest BCUT2D eigenvalue weighted by atomic mass is 9.71. The summed E-state index contributed by atoms with van der Waals surface area (Å²) in [5, 5.41) is 0. The van der Waals surface area contributed by atoms with Gasteiger partial charge in [0.05, 0.1) is 0 Å². The monoisotopic (exact) mass is 299 g/mol. The lowest BCUT2D eigenvalue weighted by Crippen LogP contribution is -2.55. The van der Waals surface area contributed by atoms with Crippen LogP contribution in [0, 0.1) is 0 Å². The van der Waals surface area contributed by atoms with Crippen molar-refractivity contribution in [3.05, 3.63) is 35.4 Å². The molecule has 22 heavy (non-hydrogen) atoms. The molecule has 1 spiro atoms. The van der Waals surface area contributed by atoms with Gasteiger partial charge in [0.15, 0.2) is 12.5 Å². The number of hydrogen-bond donors (Lipinski definition) is 0. The van der Waals surface area contributed by atoms with E-state index in [1.807, 2.05) is 0 Å². The van der Waals surface area contributed by atoms with E-state index in [0.29, 0.717) is 6.04 Å². The van der Waals surface area contributed by atoms with Crippen molar-refractivity contribution in [2.45, 2.75) is 81.7 Å². The first-order valence-corrected chi connectivity index (χ1v) is 9.09. The second kappa shape index (κ2) is 5.05. The molecule has 3 fully saturated rings. The molecule has 118 valence electrons. The summed E-state index contributed by atoms with van der Waals surface area (Å²) >= 11 is 0. The Labute approximate surface area is 132 Å². The van der Waals surface area contributed by atoms with E-state index >= 15 is 0 Å². The molecule has 5 rings (SSSR count). The highest BCUT2D eigenvalue weighted by atomic mass is 17.2. The molecule has 2 atom stereocenters. The van der Waals surface area contributed by atoms with Crippen LogP contribution in [0.25, 0.3) is 0 Å². The molecule has 1 saturated heterocycles. The first-order valence-electron chi connectivity index (χ1n) is 9.09. The summed E-state index contributed by atoms with van der Waals surface area (Å²) in [5.41, 5.74) is 3.04. The van der Waals surface area contributed by atoms with Gasteiger partial charge in [-0.15, -0.1) is 0 Å². The highest BCUT2D eigenvalue weighted by Crippen LogP contribution is 2.57. The van der Waals surface area contributed by atoms with Crippen molar-refractivity contribution in [1.29, 1.82) is 0 Å². The minimum absolute atomic E-state index is 0.0236. The maximum absolute atomic E-state index is 5.99. The van der Waals surface area contributed by atoms with Gasteiger partial charge in [-0.3, -0.25) is 0 Å². The van der Waals surface area contributed by atoms with Gasteiger partial charge in [-0.1, -0.05) is 56.4 Å². The third-order valence-electron chi connectivity index (χ3n) is 6.51. The normalized spacial score (nSPS) is 34.2. The predicted molar refractivity (Wildman–Crippen MR) is 84.0 cm³/mol. The number of hydrogen-bond acceptors (Lipinski definition) is 3. The van der Waals surface area contributed by atoms with E-state index in [9.17, 15) is 0 Å². The Bertz CT molecular complexity index is 560. The van der Waals surface area contributed by atoms with Gasteiger partial charge in [0.2, 0.25) is 0 Å². The Hall–Kier alpha value is -0.900. The average molecular weight is 299 g/mol. The van der Waals surface area contributed by atoms with E-state index in [4.69, 9.17) is 9.78 Å². The van der Waals surface area contributed by atoms with Crippen molar-refractivity contribution in [2.24, 2.45) is 0 Å². The van der Waals surface area contributed by atoms with Gasteiger partial charge in [-0.2, -0.15) is 0 Å². The molecule has 1 aromatic rings. The zero-order valence-corrected chi connectivity index (χ0v) is 13.2. The molecular weight excluding hydrogens is 274 g/mol. The molecule has 0 N–H and O–H groups in total. The second-order valence-corrected chi connectivity index (χ2v) is 7.59. The minimum Gasteiger partial charge on any atom is -0.239 e. The summed E-state index contributed by atoms with van der Waals surface area (Å²) < 4.78 is 0. The van der Waals surface area contributed by atoms with Crippen molar-refractivity contribution in [3.8, 4) is 0 Å². The van der Waals surface area contributed by atoms with Crippen LogP contribution in [-0.2, 0) is 15.2 Å². The molecule has 2 aliphatic carbocycles. The highest BCUT2D eigenvalue weighted by Gasteiger charge is 2.59. The fourth-order valence-corrected chi connectivity index (χ4v) is 5.50. The van der Waals surface area contributed by atoms with Crippen LogP contribution in [0.1, 0.15) is 75.1 Å². The van der Waals surface area contributed by atoms with E-state index in [1.54, 1.807) is 0 Å². The molecule has 2 bridgehead atoms.